The van der Waals surface area contributed by atoms with Gasteiger partial charge in [0.15, 0.2) is 0 Å². The van der Waals surface area contributed by atoms with Gasteiger partial charge in [0, 0.05) is 6.42 Å². The number of Topliss-reactive ketones (excluding diaryl/α,β-unsaturated/α-hetero) is 1. The quantitative estimate of drug-likeness (QED) is 0.571. The molecule has 0 aliphatic carbocycles. The highest BCUT2D eigenvalue weighted by atomic mass is 16.1. The minimum absolute atomic E-state index is 0.0434. The van der Waals surface area contributed by atoms with Gasteiger partial charge in [-0.15, -0.1) is 0 Å². The molecule has 0 aliphatic heterocycles. The fraction of sp³-hybridized carbons (Fsp3) is 0.800. The summed E-state index contributed by atoms with van der Waals surface area (Å²) in [6.45, 7) is 5.78. The Labute approximate surface area is 74.3 Å². The van der Waals surface area contributed by atoms with Crippen molar-refractivity contribution in [2.45, 2.75) is 40.0 Å². The third kappa shape index (κ3) is 3.65. The van der Waals surface area contributed by atoms with E-state index in [1.165, 1.54) is 0 Å². The molecule has 0 aliphatic rings. The summed E-state index contributed by atoms with van der Waals surface area (Å²) in [5.74, 6) is -0.370. The molecule has 0 spiro atoms. The van der Waals surface area contributed by atoms with Crippen LogP contribution in [0, 0.1) is 11.8 Å². The van der Waals surface area contributed by atoms with Crippen LogP contribution < -0.4 is 0 Å². The number of rotatable bonds is 6. The molecule has 0 saturated heterocycles. The highest BCUT2D eigenvalue weighted by Gasteiger charge is 2.21. The zero-order valence-corrected chi connectivity index (χ0v) is 8.09. The number of hydrogen-bond acceptors (Lipinski definition) is 2. The first-order valence-electron chi connectivity index (χ1n) is 4.53. The lowest BCUT2D eigenvalue weighted by Crippen LogP contribution is -2.21. The monoisotopic (exact) mass is 169 g/mol. The number of unbranched alkanes of at least 4 members (excludes halogenated alkanes) is 1. The van der Waals surface area contributed by atoms with Crippen molar-refractivity contribution >= 4 is 12.1 Å². The van der Waals surface area contributed by atoms with Crippen LogP contribution in [-0.2, 0) is 9.59 Å². The Hall–Kier alpha value is -0.660. The molecule has 1 unspecified atom stereocenters. The molecule has 1 atom stereocenters. The molecule has 0 bridgehead atoms. The molecule has 0 rings (SSSR count). The van der Waals surface area contributed by atoms with Crippen molar-refractivity contribution in [2.24, 2.45) is 11.8 Å². The summed E-state index contributed by atoms with van der Waals surface area (Å²) < 4.78 is 0. The predicted molar refractivity (Wildman–Crippen MR) is 48.6 cm³/mol. The largest absolute Gasteiger partial charge is 0.299 e. The second-order valence-electron chi connectivity index (χ2n) is 3.41. The lowest BCUT2D eigenvalue weighted by molar-refractivity contribution is -0.122. The van der Waals surface area contributed by atoms with Gasteiger partial charge in [0.25, 0.3) is 0 Å². The Bertz CT molecular complexity index is 150. The van der Waals surface area contributed by atoms with Crippen LogP contribution in [0.1, 0.15) is 40.0 Å². The van der Waals surface area contributed by atoms with E-state index in [0.717, 1.165) is 12.8 Å². The SMILES string of the molecule is CCCCC(=O)C([C]=O)C(C)C. The number of carbonyl (C=O) groups excluding carboxylic acids is 2. The van der Waals surface area contributed by atoms with E-state index in [2.05, 4.69) is 0 Å². The van der Waals surface area contributed by atoms with E-state index in [9.17, 15) is 9.59 Å². The van der Waals surface area contributed by atoms with Crippen molar-refractivity contribution in [3.63, 3.8) is 0 Å². The predicted octanol–water partition coefficient (Wildman–Crippen LogP) is 2.13. The maximum Gasteiger partial charge on any atom is 0.209 e. The molecular formula is C10H17O2. The highest BCUT2D eigenvalue weighted by molar-refractivity contribution is 5.93. The van der Waals surface area contributed by atoms with E-state index in [0.29, 0.717) is 6.42 Å². The van der Waals surface area contributed by atoms with Gasteiger partial charge in [-0.3, -0.25) is 9.59 Å². The standard InChI is InChI=1S/C10H17O2/c1-4-5-6-10(12)9(7-11)8(2)3/h8-9H,4-6H2,1-3H3. The third-order valence-corrected chi connectivity index (χ3v) is 1.92. The van der Waals surface area contributed by atoms with E-state index in [1.54, 1.807) is 0 Å². The van der Waals surface area contributed by atoms with Crippen molar-refractivity contribution in [1.82, 2.24) is 0 Å². The van der Waals surface area contributed by atoms with E-state index < -0.39 is 5.92 Å². The molecule has 0 aromatic rings. The first kappa shape index (κ1) is 11.3. The first-order chi connectivity index (χ1) is 5.63. The van der Waals surface area contributed by atoms with Crippen LogP contribution >= 0.6 is 0 Å². The molecule has 1 radical (unpaired) electrons. The Kier molecular flexibility index (Phi) is 5.60. The van der Waals surface area contributed by atoms with Gasteiger partial charge in [0.1, 0.15) is 5.78 Å². The maximum atomic E-state index is 11.3. The van der Waals surface area contributed by atoms with Crippen LogP contribution in [0.3, 0.4) is 0 Å². The van der Waals surface area contributed by atoms with E-state index >= 15 is 0 Å². The molecule has 12 heavy (non-hydrogen) atoms. The van der Waals surface area contributed by atoms with E-state index in [4.69, 9.17) is 0 Å². The molecule has 0 N–H and O–H groups in total. The molecule has 2 nitrogen and oxygen atoms in total. The smallest absolute Gasteiger partial charge is 0.209 e. The van der Waals surface area contributed by atoms with Crippen molar-refractivity contribution < 1.29 is 9.59 Å². The molecule has 0 saturated carbocycles. The second kappa shape index (κ2) is 5.92. The molecule has 0 fully saturated rings. The van der Waals surface area contributed by atoms with Gasteiger partial charge in [-0.2, -0.15) is 0 Å². The molecule has 69 valence electrons. The number of hydrogen-bond donors (Lipinski definition) is 0. The fourth-order valence-electron chi connectivity index (χ4n) is 1.08. The zero-order valence-electron chi connectivity index (χ0n) is 8.09. The topological polar surface area (TPSA) is 34.1 Å². The number of carbonyl (C=O) groups is 1. The second-order valence-corrected chi connectivity index (χ2v) is 3.41. The van der Waals surface area contributed by atoms with Crippen molar-refractivity contribution in [3.8, 4) is 0 Å². The molecule has 0 amide bonds. The molecule has 0 heterocycles. The Morgan fingerprint density at radius 3 is 2.33 bits per heavy atom. The van der Waals surface area contributed by atoms with Gasteiger partial charge >= 0.3 is 0 Å². The summed E-state index contributed by atoms with van der Waals surface area (Å²) in [5, 5.41) is 0. The van der Waals surface area contributed by atoms with Crippen LogP contribution in [0.5, 0.6) is 0 Å². The van der Waals surface area contributed by atoms with Crippen LogP contribution in [-0.4, -0.2) is 12.1 Å². The van der Waals surface area contributed by atoms with Crippen molar-refractivity contribution in [1.29, 1.82) is 0 Å². The van der Waals surface area contributed by atoms with Crippen LogP contribution in [0.25, 0.3) is 0 Å². The van der Waals surface area contributed by atoms with Crippen LogP contribution in [0.15, 0.2) is 0 Å². The average Bonchev–Trinajstić information content (AvgIpc) is 2.01. The lowest BCUT2D eigenvalue weighted by atomic mass is 9.90. The van der Waals surface area contributed by atoms with Gasteiger partial charge in [-0.25, -0.2) is 0 Å². The molecular weight excluding hydrogens is 152 g/mol. The van der Waals surface area contributed by atoms with Gasteiger partial charge < -0.3 is 0 Å². The molecule has 0 aromatic heterocycles. The highest BCUT2D eigenvalue weighted by Crippen LogP contribution is 2.12. The average molecular weight is 169 g/mol. The Balaban J connectivity index is 3.94. The van der Waals surface area contributed by atoms with Gasteiger partial charge in [0.2, 0.25) is 6.29 Å². The Morgan fingerprint density at radius 1 is 1.42 bits per heavy atom. The fourth-order valence-corrected chi connectivity index (χ4v) is 1.08. The zero-order chi connectivity index (χ0) is 9.56. The summed E-state index contributed by atoms with van der Waals surface area (Å²) in [6.07, 6.45) is 4.21. The maximum absolute atomic E-state index is 11.3. The lowest BCUT2D eigenvalue weighted by Gasteiger charge is -2.10. The normalized spacial score (nSPS) is 13.0. The van der Waals surface area contributed by atoms with Gasteiger partial charge in [0.05, 0.1) is 5.92 Å². The van der Waals surface area contributed by atoms with E-state index in [-0.39, 0.29) is 11.7 Å². The summed E-state index contributed by atoms with van der Waals surface area (Å²) >= 11 is 0. The summed E-state index contributed by atoms with van der Waals surface area (Å²) in [6, 6.07) is 0. The van der Waals surface area contributed by atoms with Gasteiger partial charge in [-0.05, 0) is 12.3 Å². The van der Waals surface area contributed by atoms with Crippen molar-refractivity contribution in [3.05, 3.63) is 0 Å². The minimum Gasteiger partial charge on any atom is -0.299 e. The minimum atomic E-state index is -0.503. The van der Waals surface area contributed by atoms with Crippen LogP contribution in [0.2, 0.25) is 0 Å². The van der Waals surface area contributed by atoms with Gasteiger partial charge in [-0.1, -0.05) is 27.2 Å². The van der Waals surface area contributed by atoms with E-state index in [1.807, 2.05) is 27.1 Å². The summed E-state index contributed by atoms with van der Waals surface area (Å²) in [5.41, 5.74) is 0. The first-order valence-corrected chi connectivity index (χ1v) is 4.53. The number of ketones is 1. The molecule has 0 aromatic carbocycles. The van der Waals surface area contributed by atoms with Crippen LogP contribution in [0.4, 0.5) is 0 Å². The van der Waals surface area contributed by atoms with Crippen molar-refractivity contribution in [2.75, 3.05) is 0 Å². The molecule has 2 heteroatoms. The Morgan fingerprint density at radius 2 is 2.00 bits per heavy atom. The summed E-state index contributed by atoms with van der Waals surface area (Å²) in [4.78, 5) is 21.7. The third-order valence-electron chi connectivity index (χ3n) is 1.92. The summed E-state index contributed by atoms with van der Waals surface area (Å²) in [7, 11) is 0.